The van der Waals surface area contributed by atoms with Crippen LogP contribution in [0.1, 0.15) is 39.0 Å². The molecule has 0 saturated heterocycles. The summed E-state index contributed by atoms with van der Waals surface area (Å²) in [5.41, 5.74) is 0. The first-order valence-electron chi connectivity index (χ1n) is 4.61. The van der Waals surface area contributed by atoms with Crippen molar-refractivity contribution in [3.05, 3.63) is 0 Å². The smallest absolute Gasteiger partial charge is 0.0827 e. The van der Waals surface area contributed by atoms with Crippen LogP contribution in [0.15, 0.2) is 0 Å². The molecule has 0 amide bonds. The Kier molecular flexibility index (Phi) is 3.34. The monoisotopic (exact) mass is 158 g/mol. The quantitative estimate of drug-likeness (QED) is 0.650. The molecule has 0 heterocycles. The third-order valence-electron chi connectivity index (χ3n) is 2.70. The van der Waals surface area contributed by atoms with Gasteiger partial charge in [0.25, 0.3) is 0 Å². The predicted octanol–water partition coefficient (Wildman–Crippen LogP) is 1.31. The van der Waals surface area contributed by atoms with E-state index in [4.69, 9.17) is 0 Å². The average Bonchev–Trinajstić information content (AvgIpc) is 2.53. The second-order valence-corrected chi connectivity index (χ2v) is 3.51. The summed E-state index contributed by atoms with van der Waals surface area (Å²) < 4.78 is 0. The number of hydrogen-bond donors (Lipinski definition) is 2. The molecule has 0 bridgehead atoms. The first-order chi connectivity index (χ1) is 5.25. The van der Waals surface area contributed by atoms with Crippen molar-refractivity contribution < 1.29 is 10.2 Å². The van der Waals surface area contributed by atoms with E-state index in [1.54, 1.807) is 0 Å². The maximum atomic E-state index is 9.57. The fourth-order valence-corrected chi connectivity index (χ4v) is 1.85. The van der Waals surface area contributed by atoms with Gasteiger partial charge in [-0.15, -0.1) is 0 Å². The summed E-state index contributed by atoms with van der Waals surface area (Å²) in [7, 11) is 0. The van der Waals surface area contributed by atoms with Crippen LogP contribution in [-0.4, -0.2) is 22.4 Å². The van der Waals surface area contributed by atoms with Crippen molar-refractivity contribution in [3.8, 4) is 0 Å². The average molecular weight is 158 g/mol. The summed E-state index contributed by atoms with van der Waals surface area (Å²) >= 11 is 0. The standard InChI is InChI=1S/C9H18O2/c1-2-8(10)9(11)7-5-3-4-6-7/h7-11H,2-6H2,1H3. The first kappa shape index (κ1) is 9.01. The summed E-state index contributed by atoms with van der Waals surface area (Å²) in [6.07, 6.45) is 4.32. The molecule has 0 radical (unpaired) electrons. The van der Waals surface area contributed by atoms with Gasteiger partial charge in [-0.1, -0.05) is 19.8 Å². The van der Waals surface area contributed by atoms with Crippen LogP contribution in [0.4, 0.5) is 0 Å². The first-order valence-corrected chi connectivity index (χ1v) is 4.61. The lowest BCUT2D eigenvalue weighted by atomic mass is 9.95. The Morgan fingerprint density at radius 2 is 1.82 bits per heavy atom. The number of rotatable bonds is 3. The predicted molar refractivity (Wildman–Crippen MR) is 44.3 cm³/mol. The highest BCUT2D eigenvalue weighted by Crippen LogP contribution is 2.29. The van der Waals surface area contributed by atoms with Crippen LogP contribution in [0.2, 0.25) is 0 Å². The van der Waals surface area contributed by atoms with E-state index in [0.29, 0.717) is 12.3 Å². The van der Waals surface area contributed by atoms with Crippen LogP contribution in [0.5, 0.6) is 0 Å². The summed E-state index contributed by atoms with van der Waals surface area (Å²) in [6.45, 7) is 1.91. The van der Waals surface area contributed by atoms with Gasteiger partial charge in [0.1, 0.15) is 0 Å². The van der Waals surface area contributed by atoms with Crippen LogP contribution in [0.3, 0.4) is 0 Å². The largest absolute Gasteiger partial charge is 0.390 e. The molecule has 2 heteroatoms. The van der Waals surface area contributed by atoms with E-state index in [0.717, 1.165) is 12.8 Å². The molecule has 0 aromatic heterocycles. The molecule has 0 aromatic rings. The van der Waals surface area contributed by atoms with Gasteiger partial charge in [0.05, 0.1) is 12.2 Å². The third kappa shape index (κ3) is 2.17. The van der Waals surface area contributed by atoms with Crippen LogP contribution in [0, 0.1) is 5.92 Å². The number of aliphatic hydroxyl groups is 2. The van der Waals surface area contributed by atoms with Crippen LogP contribution in [-0.2, 0) is 0 Å². The molecule has 1 saturated carbocycles. The summed E-state index contributed by atoms with van der Waals surface area (Å²) in [6, 6.07) is 0. The zero-order chi connectivity index (χ0) is 8.27. The van der Waals surface area contributed by atoms with Gasteiger partial charge < -0.3 is 10.2 Å². The van der Waals surface area contributed by atoms with Gasteiger partial charge in [0.2, 0.25) is 0 Å². The van der Waals surface area contributed by atoms with E-state index in [9.17, 15) is 10.2 Å². The lowest BCUT2D eigenvalue weighted by molar-refractivity contribution is -0.0169. The van der Waals surface area contributed by atoms with E-state index in [2.05, 4.69) is 0 Å². The SMILES string of the molecule is CCC(O)C(O)C1CCCC1. The maximum Gasteiger partial charge on any atom is 0.0827 e. The van der Waals surface area contributed by atoms with Gasteiger partial charge in [-0.3, -0.25) is 0 Å². The second-order valence-electron chi connectivity index (χ2n) is 3.51. The molecule has 1 aliphatic carbocycles. The Morgan fingerprint density at radius 3 is 2.27 bits per heavy atom. The van der Waals surface area contributed by atoms with E-state index in [1.165, 1.54) is 12.8 Å². The van der Waals surface area contributed by atoms with Crippen molar-refractivity contribution in [1.29, 1.82) is 0 Å². The normalized spacial score (nSPS) is 25.4. The number of aliphatic hydroxyl groups excluding tert-OH is 2. The Hall–Kier alpha value is -0.0800. The Bertz CT molecular complexity index is 108. The van der Waals surface area contributed by atoms with E-state index >= 15 is 0 Å². The summed E-state index contributed by atoms with van der Waals surface area (Å²) in [5.74, 6) is 0.366. The molecule has 1 aliphatic rings. The minimum atomic E-state index is -0.502. The summed E-state index contributed by atoms with van der Waals surface area (Å²) in [4.78, 5) is 0. The van der Waals surface area contributed by atoms with Gasteiger partial charge in [-0.2, -0.15) is 0 Å². The Balaban J connectivity index is 2.32. The van der Waals surface area contributed by atoms with E-state index in [1.807, 2.05) is 6.92 Å². The highest BCUT2D eigenvalue weighted by Gasteiger charge is 2.27. The van der Waals surface area contributed by atoms with E-state index < -0.39 is 12.2 Å². The van der Waals surface area contributed by atoms with Gasteiger partial charge in [-0.25, -0.2) is 0 Å². The van der Waals surface area contributed by atoms with Crippen LogP contribution >= 0.6 is 0 Å². The second kappa shape index (κ2) is 4.07. The molecule has 2 nitrogen and oxygen atoms in total. The molecule has 2 unspecified atom stereocenters. The zero-order valence-corrected chi connectivity index (χ0v) is 7.16. The summed E-state index contributed by atoms with van der Waals surface area (Å²) in [5, 5.41) is 18.9. The van der Waals surface area contributed by atoms with Crippen molar-refractivity contribution in [2.45, 2.75) is 51.2 Å². The molecule has 11 heavy (non-hydrogen) atoms. The van der Waals surface area contributed by atoms with Gasteiger partial charge >= 0.3 is 0 Å². The van der Waals surface area contributed by atoms with Gasteiger partial charge in [0.15, 0.2) is 0 Å². The molecular formula is C9H18O2. The van der Waals surface area contributed by atoms with Crippen molar-refractivity contribution in [3.63, 3.8) is 0 Å². The van der Waals surface area contributed by atoms with E-state index in [-0.39, 0.29) is 0 Å². The molecule has 2 N–H and O–H groups in total. The minimum absolute atomic E-state index is 0.366. The molecule has 1 fully saturated rings. The highest BCUT2D eigenvalue weighted by molar-refractivity contribution is 4.78. The fraction of sp³-hybridized carbons (Fsp3) is 1.00. The fourth-order valence-electron chi connectivity index (χ4n) is 1.85. The Labute approximate surface area is 68.2 Å². The molecule has 1 rings (SSSR count). The van der Waals surface area contributed by atoms with Crippen LogP contribution in [0.25, 0.3) is 0 Å². The molecule has 2 atom stereocenters. The lowest BCUT2D eigenvalue weighted by Crippen LogP contribution is -2.31. The van der Waals surface area contributed by atoms with Crippen molar-refractivity contribution in [2.24, 2.45) is 5.92 Å². The molecule has 0 aliphatic heterocycles. The molecule has 0 aromatic carbocycles. The number of hydrogen-bond acceptors (Lipinski definition) is 2. The van der Waals surface area contributed by atoms with Crippen molar-refractivity contribution in [1.82, 2.24) is 0 Å². The Morgan fingerprint density at radius 1 is 1.27 bits per heavy atom. The molecule has 66 valence electrons. The topological polar surface area (TPSA) is 40.5 Å². The highest BCUT2D eigenvalue weighted by atomic mass is 16.3. The van der Waals surface area contributed by atoms with Gasteiger partial charge in [-0.05, 0) is 25.2 Å². The molecule has 0 spiro atoms. The molecular weight excluding hydrogens is 140 g/mol. The minimum Gasteiger partial charge on any atom is -0.390 e. The third-order valence-corrected chi connectivity index (χ3v) is 2.70. The van der Waals surface area contributed by atoms with Crippen molar-refractivity contribution in [2.75, 3.05) is 0 Å². The maximum absolute atomic E-state index is 9.57. The van der Waals surface area contributed by atoms with Crippen molar-refractivity contribution >= 4 is 0 Å². The lowest BCUT2D eigenvalue weighted by Gasteiger charge is -2.21. The zero-order valence-electron chi connectivity index (χ0n) is 7.16. The van der Waals surface area contributed by atoms with Crippen LogP contribution < -0.4 is 0 Å². The van der Waals surface area contributed by atoms with Gasteiger partial charge in [0, 0.05) is 0 Å².